The molecule has 2 heteroatoms. The van der Waals surface area contributed by atoms with Gasteiger partial charge in [0.25, 0.3) is 0 Å². The van der Waals surface area contributed by atoms with Crippen LogP contribution in [0.15, 0.2) is 42.5 Å². The van der Waals surface area contributed by atoms with Crippen molar-refractivity contribution in [2.75, 3.05) is 0 Å². The summed E-state index contributed by atoms with van der Waals surface area (Å²) in [4.78, 5) is 5.30. The lowest BCUT2D eigenvalue weighted by Gasteiger charge is -2.48. The molecule has 0 fully saturated rings. The third-order valence-electron chi connectivity index (χ3n) is 8.23. The van der Waals surface area contributed by atoms with Gasteiger partial charge in [0.15, 0.2) is 0 Å². The minimum Gasteiger partial charge on any atom is -0.248 e. The van der Waals surface area contributed by atoms with Crippen LogP contribution in [0.4, 0.5) is 0 Å². The second-order valence-corrected chi connectivity index (χ2v) is 15.3. The minimum atomic E-state index is -1.86. The van der Waals surface area contributed by atoms with Gasteiger partial charge in [0.05, 0.1) is 19.3 Å². The van der Waals surface area contributed by atoms with E-state index in [-0.39, 0.29) is 5.04 Å². The second-order valence-electron chi connectivity index (χ2n) is 10.3. The summed E-state index contributed by atoms with van der Waals surface area (Å²) in [5, 5.41) is 5.71. The van der Waals surface area contributed by atoms with Crippen LogP contribution >= 0.6 is 0 Å². The van der Waals surface area contributed by atoms with Crippen LogP contribution in [0.25, 0.3) is 32.9 Å². The summed E-state index contributed by atoms with van der Waals surface area (Å²) < 4.78 is 0. The minimum absolute atomic E-state index is 0.126. The standard InChI is InChI=1S/C28H31NSi/c1-16-13-20-15-23-25(18(3)22(20)14-17(16)2)28(5,6)30(7,8)27-19(4)21-11-9-10-12-24(21)29-26(23)27/h9-15H,1-8H3. The van der Waals surface area contributed by atoms with Crippen molar-refractivity contribution in [1.29, 1.82) is 0 Å². The molecule has 4 aromatic rings. The quantitative estimate of drug-likeness (QED) is 0.284. The molecule has 5 rings (SSSR count). The van der Waals surface area contributed by atoms with Crippen molar-refractivity contribution in [1.82, 2.24) is 4.98 Å². The molecule has 0 saturated heterocycles. The number of aromatic nitrogens is 1. The Morgan fingerprint density at radius 2 is 1.47 bits per heavy atom. The third-order valence-corrected chi connectivity index (χ3v) is 13.5. The van der Waals surface area contributed by atoms with Gasteiger partial charge in [-0.1, -0.05) is 57.3 Å². The number of hydrogen-bond donors (Lipinski definition) is 0. The Bertz CT molecular complexity index is 1380. The van der Waals surface area contributed by atoms with Crippen LogP contribution in [0.2, 0.25) is 13.1 Å². The molecule has 30 heavy (non-hydrogen) atoms. The molecule has 0 radical (unpaired) electrons. The molecule has 0 N–H and O–H groups in total. The van der Waals surface area contributed by atoms with Crippen molar-refractivity contribution >= 4 is 34.9 Å². The molecule has 1 aromatic heterocycles. The molecule has 0 saturated carbocycles. The van der Waals surface area contributed by atoms with Crippen LogP contribution in [-0.4, -0.2) is 13.1 Å². The van der Waals surface area contributed by atoms with Crippen LogP contribution in [0, 0.1) is 27.7 Å². The molecular weight excluding hydrogens is 378 g/mol. The largest absolute Gasteiger partial charge is 0.248 e. The zero-order valence-electron chi connectivity index (χ0n) is 19.5. The zero-order valence-corrected chi connectivity index (χ0v) is 20.5. The molecule has 3 aromatic carbocycles. The first-order valence-corrected chi connectivity index (χ1v) is 14.0. The van der Waals surface area contributed by atoms with Gasteiger partial charge in [-0.15, -0.1) is 0 Å². The van der Waals surface area contributed by atoms with Gasteiger partial charge in [0, 0.05) is 10.9 Å². The first kappa shape index (κ1) is 19.5. The SMILES string of the molecule is Cc1cc2cc3c(c(C)c2cc1C)C(C)(C)[Si](C)(C)c1c-3nc2ccccc2c1C. The fourth-order valence-electron chi connectivity index (χ4n) is 5.80. The molecule has 1 aliphatic heterocycles. The van der Waals surface area contributed by atoms with Crippen LogP contribution in [-0.2, 0) is 5.04 Å². The highest BCUT2D eigenvalue weighted by Gasteiger charge is 2.50. The number of pyridine rings is 1. The normalized spacial score (nSPS) is 16.5. The van der Waals surface area contributed by atoms with E-state index in [0.29, 0.717) is 0 Å². The summed E-state index contributed by atoms with van der Waals surface area (Å²) in [6, 6.07) is 15.8. The van der Waals surface area contributed by atoms with E-state index in [1.165, 1.54) is 55.2 Å². The van der Waals surface area contributed by atoms with E-state index < -0.39 is 8.07 Å². The first-order chi connectivity index (χ1) is 14.1. The van der Waals surface area contributed by atoms with E-state index in [4.69, 9.17) is 4.98 Å². The van der Waals surface area contributed by atoms with Gasteiger partial charge >= 0.3 is 0 Å². The van der Waals surface area contributed by atoms with Gasteiger partial charge in [-0.05, 0) is 88.6 Å². The number of fused-ring (bicyclic) bond motifs is 5. The number of rotatable bonds is 0. The zero-order chi connectivity index (χ0) is 21.6. The lowest BCUT2D eigenvalue weighted by molar-refractivity contribution is 0.718. The number of hydrogen-bond acceptors (Lipinski definition) is 1. The van der Waals surface area contributed by atoms with Crippen molar-refractivity contribution in [3.05, 3.63) is 70.3 Å². The molecule has 0 bridgehead atoms. The number of benzene rings is 3. The predicted octanol–water partition coefficient (Wildman–Crippen LogP) is 7.03. The topological polar surface area (TPSA) is 12.9 Å². The van der Waals surface area contributed by atoms with Gasteiger partial charge in [0.2, 0.25) is 0 Å². The van der Waals surface area contributed by atoms with E-state index >= 15 is 0 Å². The van der Waals surface area contributed by atoms with E-state index in [1.54, 1.807) is 5.19 Å². The summed E-state index contributed by atoms with van der Waals surface area (Å²) in [5.41, 5.74) is 10.8. The summed E-state index contributed by atoms with van der Waals surface area (Å²) in [5.74, 6) is 0. The predicted molar refractivity (Wildman–Crippen MR) is 134 cm³/mol. The average molecular weight is 410 g/mol. The van der Waals surface area contributed by atoms with Crippen LogP contribution in [0.1, 0.15) is 41.7 Å². The highest BCUT2D eigenvalue weighted by Crippen LogP contribution is 2.48. The Balaban J connectivity index is 2.02. The third kappa shape index (κ3) is 2.31. The Morgan fingerprint density at radius 3 is 2.20 bits per heavy atom. The molecule has 2 heterocycles. The molecule has 152 valence electrons. The lowest BCUT2D eigenvalue weighted by Crippen LogP contribution is -2.61. The molecule has 0 aliphatic carbocycles. The molecule has 0 spiro atoms. The van der Waals surface area contributed by atoms with Gasteiger partial charge in [0.1, 0.15) is 0 Å². The van der Waals surface area contributed by atoms with Crippen molar-refractivity contribution in [3.8, 4) is 11.3 Å². The highest BCUT2D eigenvalue weighted by molar-refractivity contribution is 6.94. The fourth-order valence-corrected chi connectivity index (χ4v) is 9.23. The maximum atomic E-state index is 5.30. The number of para-hydroxylation sites is 1. The second kappa shape index (κ2) is 6.04. The Labute approximate surface area is 181 Å². The molecule has 0 amide bonds. The molecule has 1 aliphatic rings. The summed E-state index contributed by atoms with van der Waals surface area (Å²) in [6.45, 7) is 19.1. The van der Waals surface area contributed by atoms with Crippen molar-refractivity contribution < 1.29 is 0 Å². The van der Waals surface area contributed by atoms with Gasteiger partial charge in [-0.3, -0.25) is 0 Å². The van der Waals surface area contributed by atoms with Gasteiger partial charge < -0.3 is 0 Å². The van der Waals surface area contributed by atoms with E-state index in [1.807, 2.05) is 0 Å². The monoisotopic (exact) mass is 409 g/mol. The first-order valence-electron chi connectivity index (χ1n) is 11.0. The van der Waals surface area contributed by atoms with Crippen molar-refractivity contribution in [2.45, 2.75) is 59.7 Å². The lowest BCUT2D eigenvalue weighted by atomic mass is 9.84. The molecule has 1 nitrogen and oxygen atoms in total. The molecule has 0 atom stereocenters. The van der Waals surface area contributed by atoms with Crippen molar-refractivity contribution in [2.24, 2.45) is 0 Å². The number of aryl methyl sites for hydroxylation is 4. The fraction of sp³-hybridized carbons (Fsp3) is 0.321. The smallest absolute Gasteiger partial charge is 0.0937 e. The van der Waals surface area contributed by atoms with Gasteiger partial charge in [-0.2, -0.15) is 0 Å². The Hall–Kier alpha value is -2.45. The van der Waals surface area contributed by atoms with Crippen LogP contribution in [0.5, 0.6) is 0 Å². The van der Waals surface area contributed by atoms with Crippen LogP contribution in [0.3, 0.4) is 0 Å². The summed E-state index contributed by atoms with van der Waals surface area (Å²) in [6.07, 6.45) is 0. The molecular formula is C28H31NSi. The molecule has 0 unspecified atom stereocenters. The maximum Gasteiger partial charge on any atom is 0.0937 e. The van der Waals surface area contributed by atoms with Crippen LogP contribution < -0.4 is 5.19 Å². The average Bonchev–Trinajstić information content (AvgIpc) is 2.68. The highest BCUT2D eigenvalue weighted by atomic mass is 28.3. The van der Waals surface area contributed by atoms with E-state index in [0.717, 1.165) is 5.52 Å². The Kier molecular flexibility index (Phi) is 3.93. The van der Waals surface area contributed by atoms with E-state index in [2.05, 4.69) is 97.1 Å². The van der Waals surface area contributed by atoms with Crippen molar-refractivity contribution in [3.63, 3.8) is 0 Å². The summed E-state index contributed by atoms with van der Waals surface area (Å²) in [7, 11) is -1.86. The van der Waals surface area contributed by atoms with Gasteiger partial charge in [-0.25, -0.2) is 4.98 Å². The number of nitrogens with zero attached hydrogens (tertiary/aromatic N) is 1. The Morgan fingerprint density at radius 1 is 0.800 bits per heavy atom. The maximum absolute atomic E-state index is 5.30. The van der Waals surface area contributed by atoms with E-state index in [9.17, 15) is 0 Å². The summed E-state index contributed by atoms with van der Waals surface area (Å²) >= 11 is 0.